The van der Waals surface area contributed by atoms with Crippen LogP contribution >= 0.6 is 15.9 Å². The second-order valence-corrected chi connectivity index (χ2v) is 4.04. The van der Waals surface area contributed by atoms with Crippen molar-refractivity contribution in [2.75, 3.05) is 18.4 Å². The predicted octanol–water partition coefficient (Wildman–Crippen LogP) is 1.57. The largest absolute Gasteiger partial charge is 0.391 e. The molecule has 4 N–H and O–H groups in total. The van der Waals surface area contributed by atoms with Gasteiger partial charge in [0, 0.05) is 16.7 Å². The average Bonchev–Trinajstić information content (AvgIpc) is 2.15. The van der Waals surface area contributed by atoms with Crippen LogP contribution in [-0.4, -0.2) is 24.3 Å². The van der Waals surface area contributed by atoms with Gasteiger partial charge in [-0.25, -0.2) is 0 Å². The zero-order valence-corrected chi connectivity index (χ0v) is 9.50. The van der Waals surface area contributed by atoms with Gasteiger partial charge in [0.15, 0.2) is 0 Å². The molecule has 0 aromatic heterocycles. The average molecular weight is 259 g/mol. The third-order valence-corrected chi connectivity index (χ3v) is 2.36. The summed E-state index contributed by atoms with van der Waals surface area (Å²) in [5, 5.41) is 12.6. The summed E-state index contributed by atoms with van der Waals surface area (Å²) in [6, 6.07) is 7.83. The summed E-state index contributed by atoms with van der Waals surface area (Å²) in [7, 11) is 0. The fourth-order valence-electron chi connectivity index (χ4n) is 1.13. The van der Waals surface area contributed by atoms with E-state index in [0.717, 1.165) is 10.2 Å². The first-order valence-corrected chi connectivity index (χ1v) is 5.39. The van der Waals surface area contributed by atoms with Gasteiger partial charge in [0.05, 0.1) is 6.10 Å². The van der Waals surface area contributed by atoms with E-state index in [4.69, 9.17) is 5.73 Å². The van der Waals surface area contributed by atoms with Crippen molar-refractivity contribution < 1.29 is 5.11 Å². The van der Waals surface area contributed by atoms with E-state index >= 15 is 0 Å². The van der Waals surface area contributed by atoms with Crippen LogP contribution in [0.2, 0.25) is 0 Å². The molecular weight excluding hydrogens is 244 g/mol. The van der Waals surface area contributed by atoms with E-state index in [9.17, 15) is 5.11 Å². The van der Waals surface area contributed by atoms with Crippen LogP contribution in [-0.2, 0) is 0 Å². The molecule has 0 spiro atoms. The Morgan fingerprint density at radius 1 is 1.50 bits per heavy atom. The number of hydrogen-bond donors (Lipinski definition) is 3. The van der Waals surface area contributed by atoms with Crippen molar-refractivity contribution in [3.05, 3.63) is 28.7 Å². The number of aliphatic hydroxyl groups excluding tert-OH is 1. The molecule has 1 rings (SSSR count). The number of nitrogens with two attached hydrogens (primary N) is 1. The molecule has 0 bridgehead atoms. The maximum Gasteiger partial charge on any atom is 0.0724 e. The van der Waals surface area contributed by atoms with Crippen molar-refractivity contribution in [1.82, 2.24) is 0 Å². The Balaban J connectivity index is 2.37. The van der Waals surface area contributed by atoms with Gasteiger partial charge in [0.1, 0.15) is 0 Å². The standard InChI is InChI=1S/C10H15BrN2O/c11-8-2-1-3-9(6-8)13-7-10(14)4-5-12/h1-3,6,10,13-14H,4-5,7,12H2. The Morgan fingerprint density at radius 2 is 2.29 bits per heavy atom. The lowest BCUT2D eigenvalue weighted by molar-refractivity contribution is 0.180. The normalized spacial score (nSPS) is 12.5. The van der Waals surface area contributed by atoms with Crippen LogP contribution in [0.15, 0.2) is 28.7 Å². The van der Waals surface area contributed by atoms with Crippen molar-refractivity contribution in [3.8, 4) is 0 Å². The number of halogens is 1. The van der Waals surface area contributed by atoms with Gasteiger partial charge in [-0.3, -0.25) is 0 Å². The SMILES string of the molecule is NCCC(O)CNc1cccc(Br)c1. The van der Waals surface area contributed by atoms with Crippen molar-refractivity contribution in [3.63, 3.8) is 0 Å². The van der Waals surface area contributed by atoms with Crippen LogP contribution in [0, 0.1) is 0 Å². The molecule has 78 valence electrons. The third-order valence-electron chi connectivity index (χ3n) is 1.87. The van der Waals surface area contributed by atoms with E-state index in [-0.39, 0.29) is 6.10 Å². The smallest absolute Gasteiger partial charge is 0.0724 e. The molecule has 0 aliphatic carbocycles. The van der Waals surface area contributed by atoms with E-state index in [1.54, 1.807) is 0 Å². The van der Waals surface area contributed by atoms with Crippen LogP contribution in [0.1, 0.15) is 6.42 Å². The summed E-state index contributed by atoms with van der Waals surface area (Å²) in [4.78, 5) is 0. The van der Waals surface area contributed by atoms with Crippen LogP contribution in [0.3, 0.4) is 0 Å². The Labute approximate surface area is 92.4 Å². The lowest BCUT2D eigenvalue weighted by Gasteiger charge is -2.11. The highest BCUT2D eigenvalue weighted by molar-refractivity contribution is 9.10. The monoisotopic (exact) mass is 258 g/mol. The number of nitrogens with one attached hydrogen (secondary N) is 1. The topological polar surface area (TPSA) is 58.3 Å². The molecule has 14 heavy (non-hydrogen) atoms. The highest BCUT2D eigenvalue weighted by Crippen LogP contribution is 2.15. The lowest BCUT2D eigenvalue weighted by Crippen LogP contribution is -2.22. The first-order valence-electron chi connectivity index (χ1n) is 4.60. The first-order chi connectivity index (χ1) is 6.72. The fraction of sp³-hybridized carbons (Fsp3) is 0.400. The highest BCUT2D eigenvalue weighted by Gasteiger charge is 2.01. The minimum Gasteiger partial charge on any atom is -0.391 e. The molecule has 1 aromatic rings. The first kappa shape index (κ1) is 11.5. The maximum absolute atomic E-state index is 9.43. The molecule has 1 aromatic carbocycles. The van der Waals surface area contributed by atoms with Gasteiger partial charge < -0.3 is 16.2 Å². The lowest BCUT2D eigenvalue weighted by atomic mass is 10.2. The van der Waals surface area contributed by atoms with Gasteiger partial charge in [-0.1, -0.05) is 22.0 Å². The van der Waals surface area contributed by atoms with Gasteiger partial charge in [-0.15, -0.1) is 0 Å². The van der Waals surface area contributed by atoms with Crippen LogP contribution in [0.25, 0.3) is 0 Å². The summed E-state index contributed by atoms with van der Waals surface area (Å²) < 4.78 is 1.02. The van der Waals surface area contributed by atoms with Gasteiger partial charge >= 0.3 is 0 Å². The molecule has 0 saturated carbocycles. The predicted molar refractivity (Wildman–Crippen MR) is 62.3 cm³/mol. The molecule has 1 atom stereocenters. The van der Waals surface area contributed by atoms with Crippen LogP contribution < -0.4 is 11.1 Å². The molecular formula is C10H15BrN2O. The van der Waals surface area contributed by atoms with Crippen LogP contribution in [0.4, 0.5) is 5.69 Å². The highest BCUT2D eigenvalue weighted by atomic mass is 79.9. The summed E-state index contributed by atoms with van der Waals surface area (Å²) in [5.41, 5.74) is 6.32. The van der Waals surface area contributed by atoms with Gasteiger partial charge in [0.2, 0.25) is 0 Å². The van der Waals surface area contributed by atoms with Gasteiger partial charge in [-0.2, -0.15) is 0 Å². The number of aliphatic hydroxyl groups is 1. The molecule has 1 unspecified atom stereocenters. The molecule has 0 amide bonds. The molecule has 3 nitrogen and oxygen atoms in total. The van der Waals surface area contributed by atoms with E-state index in [1.807, 2.05) is 24.3 Å². The maximum atomic E-state index is 9.43. The Morgan fingerprint density at radius 3 is 2.93 bits per heavy atom. The van der Waals surface area contributed by atoms with E-state index in [0.29, 0.717) is 19.5 Å². The number of anilines is 1. The minimum absolute atomic E-state index is 0.376. The Bertz CT molecular complexity index is 281. The summed E-state index contributed by atoms with van der Waals surface area (Å²) >= 11 is 3.38. The number of hydrogen-bond acceptors (Lipinski definition) is 3. The van der Waals surface area contributed by atoms with Gasteiger partial charge in [0.25, 0.3) is 0 Å². The van der Waals surface area contributed by atoms with Crippen molar-refractivity contribution >= 4 is 21.6 Å². The van der Waals surface area contributed by atoms with E-state index in [2.05, 4.69) is 21.2 Å². The molecule has 0 radical (unpaired) electrons. The Kier molecular flexibility index (Phi) is 4.93. The van der Waals surface area contributed by atoms with E-state index in [1.165, 1.54) is 0 Å². The molecule has 0 fully saturated rings. The number of rotatable bonds is 5. The van der Waals surface area contributed by atoms with Crippen molar-refractivity contribution in [2.45, 2.75) is 12.5 Å². The molecule has 0 aliphatic rings. The third kappa shape index (κ3) is 4.09. The van der Waals surface area contributed by atoms with Gasteiger partial charge in [-0.05, 0) is 31.2 Å². The number of benzene rings is 1. The molecule has 4 heteroatoms. The Hall–Kier alpha value is -0.580. The zero-order valence-electron chi connectivity index (χ0n) is 7.91. The fourth-order valence-corrected chi connectivity index (χ4v) is 1.53. The molecule has 0 saturated heterocycles. The molecule has 0 heterocycles. The quantitative estimate of drug-likeness (QED) is 0.752. The second kappa shape index (κ2) is 6.01. The van der Waals surface area contributed by atoms with Crippen molar-refractivity contribution in [1.29, 1.82) is 0 Å². The van der Waals surface area contributed by atoms with Crippen molar-refractivity contribution in [2.24, 2.45) is 5.73 Å². The summed E-state index contributed by atoms with van der Waals surface area (Å²) in [6.07, 6.45) is 0.250. The zero-order chi connectivity index (χ0) is 10.4. The molecule has 0 aliphatic heterocycles. The van der Waals surface area contributed by atoms with Crippen LogP contribution in [0.5, 0.6) is 0 Å². The van der Waals surface area contributed by atoms with E-state index < -0.39 is 0 Å². The summed E-state index contributed by atoms with van der Waals surface area (Å²) in [5.74, 6) is 0. The second-order valence-electron chi connectivity index (χ2n) is 3.12. The minimum atomic E-state index is -0.376. The summed E-state index contributed by atoms with van der Waals surface area (Å²) in [6.45, 7) is 1.05.